The Bertz CT molecular complexity index is 2670. The summed E-state index contributed by atoms with van der Waals surface area (Å²) in [4.78, 5) is 15.0. The van der Waals surface area contributed by atoms with Crippen molar-refractivity contribution in [3.8, 4) is 45.3 Å². The highest BCUT2D eigenvalue weighted by molar-refractivity contribution is 6.01. The van der Waals surface area contributed by atoms with Crippen molar-refractivity contribution in [3.63, 3.8) is 0 Å². The second-order valence-electron chi connectivity index (χ2n) is 14.5. The van der Waals surface area contributed by atoms with Crippen molar-refractivity contribution in [3.05, 3.63) is 198 Å². The standard InChI is InChI=1S/C49H36N4/c1-49(2)41-23-12-11-22-39(41)44-42(49)27-26-38-40(35-25-24-31-14-9-10-19-34(31)28-35)30-43(50-45(38)44)36-20-13-21-37(29-36)48-52-46(32-15-5-3-6-16-32)51-47(53-48)33-17-7-4-8-18-33/h3-30,43,50H,1-2H3. The lowest BCUT2D eigenvalue weighted by Gasteiger charge is -2.30. The van der Waals surface area contributed by atoms with Gasteiger partial charge in [0, 0.05) is 33.2 Å². The van der Waals surface area contributed by atoms with Crippen molar-refractivity contribution in [2.75, 3.05) is 5.32 Å². The number of fused-ring (bicyclic) bond motifs is 6. The van der Waals surface area contributed by atoms with Crippen LogP contribution in [0.4, 0.5) is 5.69 Å². The molecule has 1 aliphatic heterocycles. The lowest BCUT2D eigenvalue weighted by molar-refractivity contribution is 0.660. The molecule has 1 N–H and O–H groups in total. The van der Waals surface area contributed by atoms with E-state index in [-0.39, 0.29) is 11.5 Å². The number of aromatic nitrogens is 3. The van der Waals surface area contributed by atoms with Crippen LogP contribution < -0.4 is 5.32 Å². The Morgan fingerprint density at radius 2 is 1.09 bits per heavy atom. The fourth-order valence-corrected chi connectivity index (χ4v) is 8.22. The zero-order valence-corrected chi connectivity index (χ0v) is 29.6. The molecule has 4 nitrogen and oxygen atoms in total. The van der Waals surface area contributed by atoms with Gasteiger partial charge in [-0.3, -0.25) is 0 Å². The molecule has 0 bridgehead atoms. The van der Waals surface area contributed by atoms with Gasteiger partial charge in [0.1, 0.15) is 0 Å². The van der Waals surface area contributed by atoms with Gasteiger partial charge >= 0.3 is 0 Å². The van der Waals surface area contributed by atoms with Gasteiger partial charge in [-0.15, -0.1) is 0 Å². The first-order valence-electron chi connectivity index (χ1n) is 18.2. The van der Waals surface area contributed by atoms with Crippen molar-refractivity contribution in [1.82, 2.24) is 15.0 Å². The SMILES string of the molecule is CC1(C)c2ccccc2-c2c1ccc1c2NC(c2cccc(-c3nc(-c4ccccc4)nc(-c4ccccc4)n3)c2)C=C1c1ccc2ccccc2c1. The Balaban J connectivity index is 1.14. The molecular formula is C49H36N4. The number of anilines is 1. The highest BCUT2D eigenvalue weighted by atomic mass is 15.0. The summed E-state index contributed by atoms with van der Waals surface area (Å²) in [7, 11) is 0. The van der Waals surface area contributed by atoms with Gasteiger partial charge in [-0.2, -0.15) is 0 Å². The van der Waals surface area contributed by atoms with E-state index < -0.39 is 0 Å². The fourth-order valence-electron chi connectivity index (χ4n) is 8.22. The topological polar surface area (TPSA) is 50.7 Å². The summed E-state index contributed by atoms with van der Waals surface area (Å²) in [5, 5.41) is 6.52. The molecule has 1 unspecified atom stereocenters. The van der Waals surface area contributed by atoms with Gasteiger partial charge in [0.05, 0.1) is 11.7 Å². The highest BCUT2D eigenvalue weighted by Crippen LogP contribution is 2.55. The highest BCUT2D eigenvalue weighted by Gasteiger charge is 2.39. The van der Waals surface area contributed by atoms with Crippen LogP contribution in [-0.4, -0.2) is 15.0 Å². The van der Waals surface area contributed by atoms with E-state index in [1.54, 1.807) is 0 Å². The van der Waals surface area contributed by atoms with Crippen LogP contribution >= 0.6 is 0 Å². The molecule has 10 rings (SSSR count). The minimum Gasteiger partial charge on any atom is -0.374 e. The smallest absolute Gasteiger partial charge is 0.164 e. The summed E-state index contributed by atoms with van der Waals surface area (Å²) >= 11 is 0. The second-order valence-corrected chi connectivity index (χ2v) is 14.5. The molecule has 1 aliphatic carbocycles. The molecule has 0 spiro atoms. The van der Waals surface area contributed by atoms with E-state index in [0.717, 1.165) is 22.3 Å². The summed E-state index contributed by atoms with van der Waals surface area (Å²) < 4.78 is 0. The molecule has 0 saturated heterocycles. The average Bonchev–Trinajstić information content (AvgIpc) is 3.47. The summed E-state index contributed by atoms with van der Waals surface area (Å²) in [6, 6.07) is 57.8. The zero-order valence-electron chi connectivity index (χ0n) is 29.6. The van der Waals surface area contributed by atoms with Gasteiger partial charge in [0.2, 0.25) is 0 Å². The van der Waals surface area contributed by atoms with Crippen molar-refractivity contribution < 1.29 is 0 Å². The second kappa shape index (κ2) is 12.2. The maximum absolute atomic E-state index is 5.04. The summed E-state index contributed by atoms with van der Waals surface area (Å²) in [5.74, 6) is 1.95. The first kappa shape index (κ1) is 31.1. The van der Waals surface area contributed by atoms with Crippen LogP contribution in [0, 0.1) is 0 Å². The summed E-state index contributed by atoms with van der Waals surface area (Å²) in [6.07, 6.45) is 2.39. The molecular weight excluding hydrogens is 645 g/mol. The lowest BCUT2D eigenvalue weighted by Crippen LogP contribution is -2.18. The fraction of sp³-hybridized carbons (Fsp3) is 0.0816. The molecule has 0 amide bonds. The van der Waals surface area contributed by atoms with Crippen LogP contribution in [-0.2, 0) is 5.41 Å². The number of benzene rings is 7. The van der Waals surface area contributed by atoms with E-state index >= 15 is 0 Å². The number of rotatable bonds is 5. The number of nitrogens with one attached hydrogen (secondary N) is 1. The molecule has 1 aromatic heterocycles. The molecule has 7 aromatic carbocycles. The van der Waals surface area contributed by atoms with Crippen molar-refractivity contribution in [2.24, 2.45) is 0 Å². The minimum absolute atomic E-state index is 0.102. The van der Waals surface area contributed by atoms with Gasteiger partial charge in [0.25, 0.3) is 0 Å². The molecule has 0 radical (unpaired) electrons. The van der Waals surface area contributed by atoms with E-state index in [0.29, 0.717) is 17.5 Å². The van der Waals surface area contributed by atoms with Crippen LogP contribution in [0.15, 0.2) is 170 Å². The molecule has 8 aromatic rings. The third-order valence-electron chi connectivity index (χ3n) is 10.9. The number of hydrogen-bond donors (Lipinski definition) is 1. The first-order chi connectivity index (χ1) is 26.0. The summed E-state index contributed by atoms with van der Waals surface area (Å²) in [6.45, 7) is 4.69. The summed E-state index contributed by atoms with van der Waals surface area (Å²) in [5.41, 5.74) is 14.0. The monoisotopic (exact) mass is 680 g/mol. The van der Waals surface area contributed by atoms with E-state index in [2.05, 4.69) is 128 Å². The predicted molar refractivity (Wildman–Crippen MR) is 218 cm³/mol. The Labute approximate surface area is 309 Å². The van der Waals surface area contributed by atoms with Gasteiger partial charge < -0.3 is 5.32 Å². The largest absolute Gasteiger partial charge is 0.374 e. The lowest BCUT2D eigenvalue weighted by atomic mass is 9.80. The molecule has 53 heavy (non-hydrogen) atoms. The van der Waals surface area contributed by atoms with Gasteiger partial charge in [-0.25, -0.2) is 15.0 Å². The van der Waals surface area contributed by atoms with Gasteiger partial charge in [-0.05, 0) is 62.4 Å². The predicted octanol–water partition coefficient (Wildman–Crippen LogP) is 11.9. The molecule has 0 saturated carbocycles. The third-order valence-corrected chi connectivity index (χ3v) is 10.9. The van der Waals surface area contributed by atoms with E-state index in [1.165, 1.54) is 55.4 Å². The Morgan fingerprint density at radius 1 is 0.472 bits per heavy atom. The van der Waals surface area contributed by atoms with E-state index in [9.17, 15) is 0 Å². The Hall–Kier alpha value is -6.65. The van der Waals surface area contributed by atoms with Crippen LogP contribution in [0.2, 0.25) is 0 Å². The van der Waals surface area contributed by atoms with E-state index in [1.807, 2.05) is 60.7 Å². The molecule has 1 atom stereocenters. The Morgan fingerprint density at radius 3 is 1.83 bits per heavy atom. The van der Waals surface area contributed by atoms with Crippen molar-refractivity contribution in [1.29, 1.82) is 0 Å². The quantitative estimate of drug-likeness (QED) is 0.197. The van der Waals surface area contributed by atoms with Crippen molar-refractivity contribution >= 4 is 22.0 Å². The molecule has 0 fully saturated rings. The minimum atomic E-state index is -0.103. The molecule has 252 valence electrons. The first-order valence-corrected chi connectivity index (χ1v) is 18.2. The Kier molecular flexibility index (Phi) is 7.19. The third kappa shape index (κ3) is 5.25. The van der Waals surface area contributed by atoms with Crippen molar-refractivity contribution in [2.45, 2.75) is 25.3 Å². The number of hydrogen-bond acceptors (Lipinski definition) is 4. The van der Waals surface area contributed by atoms with Crippen LogP contribution in [0.5, 0.6) is 0 Å². The van der Waals surface area contributed by atoms with Crippen LogP contribution in [0.3, 0.4) is 0 Å². The van der Waals surface area contributed by atoms with Crippen LogP contribution in [0.1, 0.15) is 47.7 Å². The van der Waals surface area contributed by atoms with Crippen LogP contribution in [0.25, 0.3) is 61.6 Å². The zero-order chi connectivity index (χ0) is 35.5. The molecule has 2 aliphatic rings. The van der Waals surface area contributed by atoms with Gasteiger partial charge in [0.15, 0.2) is 17.5 Å². The molecule has 2 heterocycles. The number of nitrogens with zero attached hydrogens (tertiary/aromatic N) is 3. The normalized spacial score (nSPS) is 15.2. The maximum atomic E-state index is 5.04. The van der Waals surface area contributed by atoms with E-state index in [4.69, 9.17) is 15.0 Å². The van der Waals surface area contributed by atoms with Gasteiger partial charge in [-0.1, -0.05) is 166 Å². The maximum Gasteiger partial charge on any atom is 0.164 e. The average molecular weight is 681 g/mol. The molecule has 4 heteroatoms.